The van der Waals surface area contributed by atoms with Gasteiger partial charge < -0.3 is 23.4 Å². The first-order chi connectivity index (χ1) is 7.81. The zero-order chi connectivity index (χ0) is 11.1. The van der Waals surface area contributed by atoms with E-state index in [2.05, 4.69) is 0 Å². The average Bonchev–Trinajstić information content (AvgIpc) is 2.75. The molecule has 0 spiro atoms. The smallest absolute Gasteiger partial charge is 0.408 e. The molecule has 3 aliphatic rings. The van der Waals surface area contributed by atoms with E-state index in [0.717, 1.165) is 12.6 Å². The summed E-state index contributed by atoms with van der Waals surface area (Å²) < 4.78 is 28.5. The zero-order valence-electron chi connectivity index (χ0n) is 9.63. The molecular formula is C9H16B2O5. The van der Waals surface area contributed by atoms with Crippen molar-refractivity contribution < 1.29 is 23.4 Å². The molecule has 0 saturated carbocycles. The summed E-state index contributed by atoms with van der Waals surface area (Å²) in [7, 11) is -0.300. The van der Waals surface area contributed by atoms with Crippen LogP contribution in [0.2, 0.25) is 12.6 Å². The molecule has 4 atom stereocenters. The summed E-state index contributed by atoms with van der Waals surface area (Å²) in [6, 6.07) is 0. The average molecular weight is 226 g/mol. The molecule has 5 nitrogen and oxygen atoms in total. The molecule has 7 heteroatoms. The fraction of sp³-hybridized carbons (Fsp3) is 1.00. The summed E-state index contributed by atoms with van der Waals surface area (Å²) in [5.41, 5.74) is 0. The number of ether oxygens (including phenoxy) is 1. The van der Waals surface area contributed by atoms with Crippen LogP contribution in [0.3, 0.4) is 0 Å². The lowest BCUT2D eigenvalue weighted by atomic mass is 9.85. The molecule has 0 amide bonds. The standard InChI is InChI=1S/C9H16B2O5/c1-3-10-12-5-6-7-8(9(13-6)16-10)15-11(4-2)14-7/h6-9H,3-5H2,1-2H3/t6-,7-,8-,9+/m1/s1. The van der Waals surface area contributed by atoms with Gasteiger partial charge in [-0.1, -0.05) is 13.8 Å². The lowest BCUT2D eigenvalue weighted by Crippen LogP contribution is -2.40. The van der Waals surface area contributed by atoms with Gasteiger partial charge in [-0.2, -0.15) is 0 Å². The van der Waals surface area contributed by atoms with Crippen molar-refractivity contribution >= 4 is 14.2 Å². The summed E-state index contributed by atoms with van der Waals surface area (Å²) in [4.78, 5) is 0. The topological polar surface area (TPSA) is 46.2 Å². The molecule has 0 aromatic carbocycles. The second kappa shape index (κ2) is 4.31. The van der Waals surface area contributed by atoms with Gasteiger partial charge in [-0.25, -0.2) is 0 Å². The quantitative estimate of drug-likeness (QED) is 0.643. The molecule has 0 N–H and O–H groups in total. The molecule has 3 heterocycles. The molecule has 3 fully saturated rings. The van der Waals surface area contributed by atoms with Crippen molar-refractivity contribution in [3.8, 4) is 0 Å². The highest BCUT2D eigenvalue weighted by molar-refractivity contribution is 6.45. The number of fused-ring (bicyclic) bond motifs is 5. The normalized spacial score (nSPS) is 42.4. The first-order valence-corrected chi connectivity index (χ1v) is 6.05. The minimum absolute atomic E-state index is 0.0345. The molecule has 88 valence electrons. The van der Waals surface area contributed by atoms with Crippen LogP contribution in [0.5, 0.6) is 0 Å². The summed E-state index contributed by atoms with van der Waals surface area (Å²) in [5.74, 6) is 0. The van der Waals surface area contributed by atoms with Crippen LogP contribution < -0.4 is 0 Å². The van der Waals surface area contributed by atoms with Gasteiger partial charge in [0.25, 0.3) is 0 Å². The lowest BCUT2D eigenvalue weighted by molar-refractivity contribution is -0.101. The Balaban J connectivity index is 1.73. The van der Waals surface area contributed by atoms with E-state index < -0.39 is 0 Å². The molecule has 3 rings (SSSR count). The molecule has 0 aliphatic carbocycles. The van der Waals surface area contributed by atoms with Crippen molar-refractivity contribution in [2.24, 2.45) is 0 Å². The Morgan fingerprint density at radius 3 is 2.50 bits per heavy atom. The van der Waals surface area contributed by atoms with E-state index in [1.807, 2.05) is 13.8 Å². The molecule has 0 radical (unpaired) electrons. The van der Waals surface area contributed by atoms with E-state index in [1.54, 1.807) is 0 Å². The van der Waals surface area contributed by atoms with Crippen LogP contribution in [-0.4, -0.2) is 45.4 Å². The van der Waals surface area contributed by atoms with Crippen molar-refractivity contribution in [1.82, 2.24) is 0 Å². The molecule has 3 saturated heterocycles. The Kier molecular flexibility index (Phi) is 2.97. The maximum absolute atomic E-state index is 5.77. The summed E-state index contributed by atoms with van der Waals surface area (Å²) in [6.07, 6.45) is 1.16. The van der Waals surface area contributed by atoms with Crippen molar-refractivity contribution in [2.75, 3.05) is 6.61 Å². The van der Waals surface area contributed by atoms with Crippen LogP contribution in [0.15, 0.2) is 0 Å². The van der Waals surface area contributed by atoms with Crippen molar-refractivity contribution in [3.05, 3.63) is 0 Å². The Labute approximate surface area is 96.0 Å². The summed E-state index contributed by atoms with van der Waals surface area (Å²) >= 11 is 0. The third-order valence-corrected chi connectivity index (χ3v) is 3.28. The van der Waals surface area contributed by atoms with Gasteiger partial charge in [-0.05, 0) is 12.6 Å². The minimum atomic E-state index is -0.334. The van der Waals surface area contributed by atoms with Crippen LogP contribution in [0.25, 0.3) is 0 Å². The number of hydrogen-bond donors (Lipinski definition) is 0. The Hall–Kier alpha value is -0.0701. The second-order valence-electron chi connectivity index (χ2n) is 4.39. The van der Waals surface area contributed by atoms with Gasteiger partial charge in [0.05, 0.1) is 6.61 Å². The van der Waals surface area contributed by atoms with Gasteiger partial charge in [-0.15, -0.1) is 0 Å². The van der Waals surface area contributed by atoms with Gasteiger partial charge in [-0.3, -0.25) is 0 Å². The van der Waals surface area contributed by atoms with Gasteiger partial charge in [0.1, 0.15) is 18.3 Å². The van der Waals surface area contributed by atoms with Crippen LogP contribution >= 0.6 is 0 Å². The van der Waals surface area contributed by atoms with Crippen molar-refractivity contribution in [3.63, 3.8) is 0 Å². The zero-order valence-corrected chi connectivity index (χ0v) is 9.63. The fourth-order valence-corrected chi connectivity index (χ4v) is 2.42. The molecule has 0 unspecified atom stereocenters. The lowest BCUT2D eigenvalue weighted by Gasteiger charge is -2.21. The Morgan fingerprint density at radius 2 is 1.75 bits per heavy atom. The van der Waals surface area contributed by atoms with Gasteiger partial charge in [0.15, 0.2) is 6.29 Å². The molecule has 3 aliphatic heterocycles. The monoisotopic (exact) mass is 226 g/mol. The highest BCUT2D eigenvalue weighted by Gasteiger charge is 2.56. The minimum Gasteiger partial charge on any atom is -0.408 e. The van der Waals surface area contributed by atoms with Crippen LogP contribution in [0.4, 0.5) is 0 Å². The molecular weight excluding hydrogens is 210 g/mol. The van der Waals surface area contributed by atoms with Gasteiger partial charge in [0, 0.05) is 0 Å². The van der Waals surface area contributed by atoms with Crippen molar-refractivity contribution in [1.29, 1.82) is 0 Å². The van der Waals surface area contributed by atoms with E-state index in [9.17, 15) is 0 Å². The Bertz CT molecular complexity index is 266. The molecule has 0 aromatic heterocycles. The number of hydrogen-bond acceptors (Lipinski definition) is 5. The first-order valence-electron chi connectivity index (χ1n) is 6.05. The van der Waals surface area contributed by atoms with E-state index in [1.165, 1.54) is 0 Å². The van der Waals surface area contributed by atoms with E-state index >= 15 is 0 Å². The summed E-state index contributed by atoms with van der Waals surface area (Å²) in [6.45, 7) is 4.60. The van der Waals surface area contributed by atoms with Gasteiger partial charge in [0.2, 0.25) is 0 Å². The van der Waals surface area contributed by atoms with Crippen LogP contribution in [0.1, 0.15) is 13.8 Å². The largest absolute Gasteiger partial charge is 0.458 e. The van der Waals surface area contributed by atoms with E-state index in [0.29, 0.717) is 6.61 Å². The van der Waals surface area contributed by atoms with E-state index in [4.69, 9.17) is 23.4 Å². The van der Waals surface area contributed by atoms with E-state index in [-0.39, 0.29) is 38.8 Å². The Morgan fingerprint density at radius 1 is 1.00 bits per heavy atom. The molecule has 2 bridgehead atoms. The maximum Gasteiger partial charge on any atom is 0.458 e. The SMILES string of the molecule is CCB1OC[C@H]2O[C@@H](O1)[C@@H]1OB(CC)O[C@@H]12. The third-order valence-electron chi connectivity index (χ3n) is 3.28. The fourth-order valence-electron chi connectivity index (χ4n) is 2.42. The van der Waals surface area contributed by atoms with Crippen LogP contribution in [0, 0.1) is 0 Å². The third kappa shape index (κ3) is 1.71. The highest BCUT2D eigenvalue weighted by Crippen LogP contribution is 2.36. The van der Waals surface area contributed by atoms with Gasteiger partial charge >= 0.3 is 14.2 Å². The van der Waals surface area contributed by atoms with Crippen molar-refractivity contribution in [2.45, 2.75) is 51.1 Å². The maximum atomic E-state index is 5.77. The second-order valence-corrected chi connectivity index (χ2v) is 4.39. The molecule has 0 aromatic rings. The summed E-state index contributed by atoms with van der Waals surface area (Å²) in [5, 5.41) is 0. The molecule has 16 heavy (non-hydrogen) atoms. The highest BCUT2D eigenvalue weighted by atomic mass is 16.8. The first kappa shape index (κ1) is 11.0. The van der Waals surface area contributed by atoms with Crippen LogP contribution in [-0.2, 0) is 23.4 Å². The number of rotatable bonds is 2. The predicted octanol–water partition coefficient (Wildman–Crippen LogP) is 0.558. The predicted molar refractivity (Wildman–Crippen MR) is 57.9 cm³/mol.